The van der Waals surface area contributed by atoms with E-state index in [9.17, 15) is 0 Å². The van der Waals surface area contributed by atoms with Crippen molar-refractivity contribution >= 4 is 0 Å². The average molecular weight is 249 g/mol. The Morgan fingerprint density at radius 2 is 1.89 bits per heavy atom. The Labute approximate surface area is 109 Å². The van der Waals surface area contributed by atoms with E-state index in [1.807, 2.05) is 18.2 Å². The van der Waals surface area contributed by atoms with Crippen LogP contribution in [0.2, 0.25) is 0 Å². The third-order valence-corrected chi connectivity index (χ3v) is 3.59. The maximum atomic E-state index is 6.17. The van der Waals surface area contributed by atoms with E-state index in [0.717, 1.165) is 29.9 Å². The molecule has 3 nitrogen and oxygen atoms in total. The highest BCUT2D eigenvalue weighted by Crippen LogP contribution is 2.33. The van der Waals surface area contributed by atoms with Crippen LogP contribution in [0.4, 0.5) is 0 Å². The Kier molecular flexibility index (Phi) is 4.88. The molecule has 0 spiro atoms. The van der Waals surface area contributed by atoms with E-state index in [1.54, 1.807) is 7.11 Å². The first-order chi connectivity index (χ1) is 8.85. The molecule has 0 saturated heterocycles. The number of benzene rings is 1. The third kappa shape index (κ3) is 3.16. The number of hydrogen-bond acceptors (Lipinski definition) is 3. The Hall–Kier alpha value is -1.22. The molecule has 1 aromatic rings. The maximum absolute atomic E-state index is 6.17. The smallest absolute Gasteiger partial charge is 0.166 e. The molecule has 0 bridgehead atoms. The predicted molar refractivity (Wildman–Crippen MR) is 73.0 cm³/mol. The van der Waals surface area contributed by atoms with Crippen LogP contribution in [0.25, 0.3) is 0 Å². The van der Waals surface area contributed by atoms with Gasteiger partial charge in [0.1, 0.15) is 0 Å². The summed E-state index contributed by atoms with van der Waals surface area (Å²) >= 11 is 0. The van der Waals surface area contributed by atoms with Crippen molar-refractivity contribution in [3.8, 4) is 11.5 Å². The summed E-state index contributed by atoms with van der Waals surface area (Å²) in [6.07, 6.45) is 7.78. The molecule has 1 fully saturated rings. The van der Waals surface area contributed by atoms with Gasteiger partial charge in [0.05, 0.1) is 13.2 Å². The summed E-state index contributed by atoms with van der Waals surface area (Å²) in [5.74, 6) is 1.64. The van der Waals surface area contributed by atoms with Gasteiger partial charge in [-0.25, -0.2) is 0 Å². The van der Waals surface area contributed by atoms with Crippen LogP contribution in [0.5, 0.6) is 11.5 Å². The molecule has 1 aromatic carbocycles. The van der Waals surface area contributed by atoms with Gasteiger partial charge in [-0.05, 0) is 31.7 Å². The Morgan fingerprint density at radius 1 is 1.17 bits per heavy atom. The first kappa shape index (κ1) is 13.2. The van der Waals surface area contributed by atoms with Crippen LogP contribution in [-0.2, 0) is 6.54 Å². The summed E-state index contributed by atoms with van der Waals surface area (Å²) in [5.41, 5.74) is 6.80. The number of ether oxygens (including phenoxy) is 2. The number of nitrogens with two attached hydrogens (primary N) is 1. The Balaban J connectivity index is 2.15. The topological polar surface area (TPSA) is 44.5 Å². The number of para-hydroxylation sites is 1. The van der Waals surface area contributed by atoms with Gasteiger partial charge in [-0.15, -0.1) is 0 Å². The molecule has 0 amide bonds. The predicted octanol–water partition coefficient (Wildman–Crippen LogP) is 3.26. The van der Waals surface area contributed by atoms with E-state index >= 15 is 0 Å². The molecule has 0 atom stereocenters. The van der Waals surface area contributed by atoms with Crippen LogP contribution in [0.15, 0.2) is 18.2 Å². The minimum Gasteiger partial charge on any atom is -0.493 e. The van der Waals surface area contributed by atoms with E-state index in [4.69, 9.17) is 15.2 Å². The lowest BCUT2D eigenvalue weighted by Gasteiger charge is -2.21. The highest BCUT2D eigenvalue weighted by atomic mass is 16.5. The molecule has 3 heteroatoms. The molecule has 2 rings (SSSR count). The molecular weight excluding hydrogens is 226 g/mol. The molecule has 2 N–H and O–H groups in total. The number of methoxy groups -OCH3 is 1. The van der Waals surface area contributed by atoms with Gasteiger partial charge in [0.25, 0.3) is 0 Å². The van der Waals surface area contributed by atoms with E-state index < -0.39 is 0 Å². The second-order valence-electron chi connectivity index (χ2n) is 4.88. The minimum absolute atomic E-state index is 0.314. The summed E-state index contributed by atoms with van der Waals surface area (Å²) in [6.45, 7) is 0.485. The lowest BCUT2D eigenvalue weighted by atomic mass is 10.1. The second kappa shape index (κ2) is 6.64. The van der Waals surface area contributed by atoms with Crippen LogP contribution in [0.3, 0.4) is 0 Å². The highest BCUT2D eigenvalue weighted by molar-refractivity contribution is 5.46. The normalized spacial score (nSPS) is 17.2. The van der Waals surface area contributed by atoms with Crippen molar-refractivity contribution in [3.05, 3.63) is 23.8 Å². The maximum Gasteiger partial charge on any atom is 0.166 e. The number of rotatable bonds is 4. The van der Waals surface area contributed by atoms with Gasteiger partial charge < -0.3 is 15.2 Å². The molecule has 0 heterocycles. The van der Waals surface area contributed by atoms with Crippen molar-refractivity contribution in [3.63, 3.8) is 0 Å². The monoisotopic (exact) mass is 249 g/mol. The Bertz CT molecular complexity index is 349. The largest absolute Gasteiger partial charge is 0.493 e. The van der Waals surface area contributed by atoms with Crippen molar-refractivity contribution < 1.29 is 9.47 Å². The van der Waals surface area contributed by atoms with Crippen molar-refractivity contribution in [2.24, 2.45) is 5.73 Å². The zero-order chi connectivity index (χ0) is 12.8. The molecular formula is C15H23NO2. The second-order valence-corrected chi connectivity index (χ2v) is 4.88. The minimum atomic E-state index is 0.314. The van der Waals surface area contributed by atoms with E-state index in [1.165, 1.54) is 25.7 Å². The van der Waals surface area contributed by atoms with Gasteiger partial charge >= 0.3 is 0 Å². The zero-order valence-electron chi connectivity index (χ0n) is 11.2. The van der Waals surface area contributed by atoms with Crippen LogP contribution >= 0.6 is 0 Å². The summed E-state index contributed by atoms with van der Waals surface area (Å²) in [6, 6.07) is 5.90. The van der Waals surface area contributed by atoms with Gasteiger partial charge in [0.15, 0.2) is 11.5 Å². The fourth-order valence-electron chi connectivity index (χ4n) is 2.54. The lowest BCUT2D eigenvalue weighted by molar-refractivity contribution is 0.174. The molecule has 1 saturated carbocycles. The van der Waals surface area contributed by atoms with Crippen molar-refractivity contribution in [2.75, 3.05) is 7.11 Å². The molecule has 100 valence electrons. The molecule has 0 aliphatic heterocycles. The van der Waals surface area contributed by atoms with Crippen LogP contribution in [0.1, 0.15) is 44.1 Å². The first-order valence-electron chi connectivity index (χ1n) is 6.87. The van der Waals surface area contributed by atoms with E-state index in [0.29, 0.717) is 12.6 Å². The standard InChI is InChI=1S/C15H23NO2/c1-17-14-10-6-7-12(11-16)15(14)18-13-8-4-2-3-5-9-13/h6-7,10,13H,2-5,8-9,11,16H2,1H3. The fourth-order valence-corrected chi connectivity index (χ4v) is 2.54. The fraction of sp³-hybridized carbons (Fsp3) is 0.600. The van der Waals surface area contributed by atoms with Crippen molar-refractivity contribution in [1.29, 1.82) is 0 Å². The SMILES string of the molecule is COc1cccc(CN)c1OC1CCCCCC1. The molecule has 1 aliphatic carbocycles. The molecule has 18 heavy (non-hydrogen) atoms. The van der Waals surface area contributed by atoms with Gasteiger partial charge in [-0.3, -0.25) is 0 Å². The van der Waals surface area contributed by atoms with Crippen LogP contribution < -0.4 is 15.2 Å². The van der Waals surface area contributed by atoms with Gasteiger partial charge in [0.2, 0.25) is 0 Å². The zero-order valence-corrected chi connectivity index (χ0v) is 11.2. The van der Waals surface area contributed by atoms with E-state index in [-0.39, 0.29) is 0 Å². The summed E-state index contributed by atoms with van der Waals surface area (Å²) in [5, 5.41) is 0. The molecule has 1 aliphatic rings. The Morgan fingerprint density at radius 3 is 2.50 bits per heavy atom. The van der Waals surface area contributed by atoms with Gasteiger partial charge in [-0.1, -0.05) is 25.0 Å². The highest BCUT2D eigenvalue weighted by Gasteiger charge is 2.17. The molecule has 0 unspecified atom stereocenters. The van der Waals surface area contributed by atoms with Gasteiger partial charge in [0, 0.05) is 12.1 Å². The summed E-state index contributed by atoms with van der Waals surface area (Å²) in [4.78, 5) is 0. The van der Waals surface area contributed by atoms with Crippen molar-refractivity contribution in [1.82, 2.24) is 0 Å². The quantitative estimate of drug-likeness (QED) is 0.833. The van der Waals surface area contributed by atoms with Crippen molar-refractivity contribution in [2.45, 2.75) is 51.2 Å². The first-order valence-corrected chi connectivity index (χ1v) is 6.87. The van der Waals surface area contributed by atoms with Crippen LogP contribution in [-0.4, -0.2) is 13.2 Å². The lowest BCUT2D eigenvalue weighted by Crippen LogP contribution is -2.17. The van der Waals surface area contributed by atoms with E-state index in [2.05, 4.69) is 0 Å². The molecule has 0 radical (unpaired) electrons. The number of hydrogen-bond donors (Lipinski definition) is 1. The average Bonchev–Trinajstić information content (AvgIpc) is 2.67. The van der Waals surface area contributed by atoms with Crippen LogP contribution in [0, 0.1) is 0 Å². The van der Waals surface area contributed by atoms with Gasteiger partial charge in [-0.2, -0.15) is 0 Å². The molecule has 0 aromatic heterocycles. The third-order valence-electron chi connectivity index (χ3n) is 3.59. The summed E-state index contributed by atoms with van der Waals surface area (Å²) in [7, 11) is 1.68. The summed E-state index contributed by atoms with van der Waals surface area (Å²) < 4.78 is 11.6.